The van der Waals surface area contributed by atoms with Crippen molar-refractivity contribution in [1.82, 2.24) is 20.0 Å². The Morgan fingerprint density at radius 1 is 1.21 bits per heavy atom. The molecule has 3 heterocycles. The van der Waals surface area contributed by atoms with E-state index in [9.17, 15) is 42.0 Å². The molecule has 0 bridgehead atoms. The molecule has 3 aliphatic heterocycles. The van der Waals surface area contributed by atoms with Crippen molar-refractivity contribution in [2.24, 2.45) is 16.8 Å². The number of alkyl halides is 3. The van der Waals surface area contributed by atoms with Gasteiger partial charge in [0.2, 0.25) is 5.91 Å². The summed E-state index contributed by atoms with van der Waals surface area (Å²) in [6.07, 6.45) is -0.976. The van der Waals surface area contributed by atoms with Gasteiger partial charge in [-0.15, -0.1) is 0 Å². The van der Waals surface area contributed by atoms with Gasteiger partial charge >= 0.3 is 12.2 Å². The average Bonchev–Trinajstić information content (AvgIpc) is 3.11. The number of aliphatic imine (C=N–C) groups is 1. The number of nitrogens with zero attached hydrogens (tertiary/aromatic N) is 5. The lowest BCUT2D eigenvalue weighted by Gasteiger charge is -2.44. The second kappa shape index (κ2) is 11.5. The molecule has 5 amide bonds. The number of benzene rings is 1. The number of hydrogen-bond acceptors (Lipinski definition) is 6. The first-order valence-electron chi connectivity index (χ1n) is 13.4. The highest BCUT2D eigenvalue weighted by Crippen LogP contribution is 2.38. The largest absolute Gasteiger partial charge is 0.416 e. The Labute approximate surface area is 239 Å². The predicted octanol–water partition coefficient (Wildman–Crippen LogP) is 3.35. The number of hydrogen-bond donors (Lipinski definition) is 1. The maximum absolute atomic E-state index is 14.3. The summed E-state index contributed by atoms with van der Waals surface area (Å²) in [6.45, 7) is 3.55. The number of likely N-dealkylation sites (N-methyl/N-ethyl adjacent to an activating group) is 1. The summed E-state index contributed by atoms with van der Waals surface area (Å²) in [4.78, 5) is 60.7. The highest BCUT2D eigenvalue weighted by atomic mass is 19.4. The molecule has 1 aromatic rings. The van der Waals surface area contributed by atoms with Gasteiger partial charge < -0.3 is 15.1 Å². The third-order valence-corrected chi connectivity index (χ3v) is 7.99. The Balaban J connectivity index is 1.48. The van der Waals surface area contributed by atoms with Crippen molar-refractivity contribution >= 4 is 29.5 Å². The minimum absolute atomic E-state index is 0.0601. The van der Waals surface area contributed by atoms with Gasteiger partial charge in [-0.05, 0) is 37.0 Å². The summed E-state index contributed by atoms with van der Waals surface area (Å²) in [7, 11) is 1.39. The molecule has 1 unspecified atom stereocenters. The fourth-order valence-corrected chi connectivity index (χ4v) is 5.58. The van der Waals surface area contributed by atoms with E-state index >= 15 is 0 Å². The monoisotopic (exact) mass is 590 g/mol. The van der Waals surface area contributed by atoms with Gasteiger partial charge in [0, 0.05) is 45.2 Å². The normalized spacial score (nSPS) is 21.1. The van der Waals surface area contributed by atoms with E-state index in [0.29, 0.717) is 30.3 Å². The van der Waals surface area contributed by atoms with Gasteiger partial charge in [0.15, 0.2) is 0 Å². The van der Waals surface area contributed by atoms with Gasteiger partial charge in [0.05, 0.1) is 11.1 Å². The van der Waals surface area contributed by atoms with Crippen molar-refractivity contribution < 1.29 is 36.7 Å². The third-order valence-electron chi connectivity index (χ3n) is 7.99. The SMILES string of the molecule is CC(C)[C@@H](NC(=O)c1cc(C(F)(F)F)ccc1F)C(=O)N1CCC2(CC1)C(=O)N(C)C(=O)N2CC1C=CN=C(C#N)C1. The third kappa shape index (κ3) is 5.73. The first-order chi connectivity index (χ1) is 19.7. The van der Waals surface area contributed by atoms with Gasteiger partial charge in [0.25, 0.3) is 11.8 Å². The quantitative estimate of drug-likeness (QED) is 0.402. The summed E-state index contributed by atoms with van der Waals surface area (Å²) < 4.78 is 53.7. The molecule has 0 radical (unpaired) electrons. The first-order valence-corrected chi connectivity index (χ1v) is 13.4. The van der Waals surface area contributed by atoms with Crippen molar-refractivity contribution in [3.8, 4) is 6.07 Å². The Morgan fingerprint density at radius 2 is 1.88 bits per heavy atom. The molecule has 0 saturated carbocycles. The first kappa shape index (κ1) is 30.7. The van der Waals surface area contributed by atoms with Crippen LogP contribution in [0.1, 0.15) is 49.0 Å². The van der Waals surface area contributed by atoms with Crippen LogP contribution in [0.15, 0.2) is 35.5 Å². The van der Waals surface area contributed by atoms with Gasteiger partial charge in [-0.2, -0.15) is 18.4 Å². The molecule has 1 N–H and O–H groups in total. The minimum atomic E-state index is -4.79. The maximum Gasteiger partial charge on any atom is 0.416 e. The number of carbonyl (C=O) groups is 4. The number of urea groups is 1. The van der Waals surface area contributed by atoms with E-state index in [2.05, 4.69) is 10.3 Å². The molecule has 3 aliphatic rings. The lowest BCUT2D eigenvalue weighted by Crippen LogP contribution is -2.60. The molecule has 1 aromatic carbocycles. The van der Waals surface area contributed by atoms with Crippen molar-refractivity contribution in [1.29, 1.82) is 5.26 Å². The average molecular weight is 591 g/mol. The molecular weight excluding hydrogens is 560 g/mol. The van der Waals surface area contributed by atoms with Crippen LogP contribution in [-0.4, -0.2) is 82.4 Å². The molecule has 2 atom stereocenters. The second-order valence-electron chi connectivity index (χ2n) is 11.0. The number of carbonyl (C=O) groups excluding carboxylic acids is 4. The summed E-state index contributed by atoms with van der Waals surface area (Å²) >= 11 is 0. The molecule has 2 saturated heterocycles. The van der Waals surface area contributed by atoms with Crippen LogP contribution in [0.5, 0.6) is 0 Å². The Morgan fingerprint density at radius 3 is 2.48 bits per heavy atom. The molecule has 42 heavy (non-hydrogen) atoms. The van der Waals surface area contributed by atoms with E-state index in [4.69, 9.17) is 0 Å². The van der Waals surface area contributed by atoms with E-state index in [1.807, 2.05) is 6.07 Å². The Hall–Kier alpha value is -4.28. The molecule has 0 aromatic heterocycles. The van der Waals surface area contributed by atoms with Crippen LogP contribution >= 0.6 is 0 Å². The van der Waals surface area contributed by atoms with Gasteiger partial charge in [-0.3, -0.25) is 24.3 Å². The molecule has 0 aliphatic carbocycles. The van der Waals surface area contributed by atoms with Crippen LogP contribution < -0.4 is 5.32 Å². The number of nitrogens with one attached hydrogen (secondary N) is 1. The fourth-order valence-electron chi connectivity index (χ4n) is 5.58. The lowest BCUT2D eigenvalue weighted by atomic mass is 9.84. The lowest BCUT2D eigenvalue weighted by molar-refractivity contribution is -0.142. The van der Waals surface area contributed by atoms with Crippen LogP contribution in [-0.2, 0) is 15.8 Å². The standard InChI is InChI=1S/C28H30F4N6O4/c1-16(2)22(35-23(39)20-13-18(28(30,31)32)4-5-21(20)29)24(40)37-10-7-27(8-11-37)25(41)36(3)26(42)38(27)15-17-6-9-34-19(12-17)14-33/h4-6,9,13,16-17,22H,7-8,10-12,15H2,1-3H3,(H,35,39)/t17?,22-/m1/s1. The van der Waals surface area contributed by atoms with Crippen LogP contribution in [0.25, 0.3) is 0 Å². The molecule has 4 rings (SSSR count). The zero-order chi connectivity index (χ0) is 31.0. The molecular formula is C28H30F4N6O4. The zero-order valence-electron chi connectivity index (χ0n) is 23.2. The predicted molar refractivity (Wildman–Crippen MR) is 141 cm³/mol. The van der Waals surface area contributed by atoms with Crippen LogP contribution in [0, 0.1) is 29.0 Å². The van der Waals surface area contributed by atoms with Gasteiger partial charge in [-0.1, -0.05) is 19.9 Å². The van der Waals surface area contributed by atoms with E-state index in [1.54, 1.807) is 19.9 Å². The number of nitriles is 1. The van der Waals surface area contributed by atoms with E-state index in [-0.39, 0.29) is 38.4 Å². The summed E-state index contributed by atoms with van der Waals surface area (Å²) in [5, 5.41) is 11.6. The number of piperidine rings is 1. The zero-order valence-corrected chi connectivity index (χ0v) is 23.2. The maximum atomic E-state index is 14.3. The van der Waals surface area contributed by atoms with Crippen molar-refractivity contribution in [2.75, 3.05) is 26.7 Å². The van der Waals surface area contributed by atoms with Crippen molar-refractivity contribution in [3.05, 3.63) is 47.4 Å². The smallest absolute Gasteiger partial charge is 0.341 e. The molecule has 224 valence electrons. The highest BCUT2D eigenvalue weighted by Gasteiger charge is 2.57. The van der Waals surface area contributed by atoms with E-state index in [0.717, 1.165) is 4.90 Å². The molecule has 14 heteroatoms. The summed E-state index contributed by atoms with van der Waals surface area (Å²) in [6, 6.07) is 1.81. The van der Waals surface area contributed by atoms with Gasteiger partial charge in [-0.25, -0.2) is 9.18 Å². The summed E-state index contributed by atoms with van der Waals surface area (Å²) in [5.41, 5.74) is -2.92. The van der Waals surface area contributed by atoms with E-state index in [1.165, 1.54) is 23.0 Å². The second-order valence-corrected chi connectivity index (χ2v) is 11.0. The fraction of sp³-hybridized carbons (Fsp3) is 0.500. The highest BCUT2D eigenvalue weighted by molar-refractivity contribution is 6.07. The molecule has 2 fully saturated rings. The van der Waals surface area contributed by atoms with Crippen molar-refractivity contribution in [2.45, 2.75) is 50.9 Å². The Bertz CT molecular complexity index is 1390. The number of halogens is 4. The van der Waals surface area contributed by atoms with Crippen molar-refractivity contribution in [3.63, 3.8) is 0 Å². The van der Waals surface area contributed by atoms with E-state index < -0.39 is 64.4 Å². The van der Waals surface area contributed by atoms with Crippen LogP contribution in [0.3, 0.4) is 0 Å². The van der Waals surface area contributed by atoms with Gasteiger partial charge in [0.1, 0.15) is 29.2 Å². The molecule has 10 nitrogen and oxygen atoms in total. The number of amides is 5. The summed E-state index contributed by atoms with van der Waals surface area (Å²) in [5.74, 6) is -4.00. The number of rotatable bonds is 6. The number of imide groups is 1. The van der Waals surface area contributed by atoms with Crippen LogP contribution in [0.2, 0.25) is 0 Å². The topological polar surface area (TPSA) is 126 Å². The number of likely N-dealkylation sites (tertiary alicyclic amines) is 1. The minimum Gasteiger partial charge on any atom is -0.341 e. The van der Waals surface area contributed by atoms with Crippen LogP contribution in [0.4, 0.5) is 22.4 Å². The molecule has 1 spiro atoms. The Kier molecular flexibility index (Phi) is 8.43.